The second-order valence-electron chi connectivity index (χ2n) is 9.09. The van der Waals surface area contributed by atoms with Gasteiger partial charge >= 0.3 is 11.9 Å². The van der Waals surface area contributed by atoms with Crippen LogP contribution in [-0.4, -0.2) is 37.0 Å². The summed E-state index contributed by atoms with van der Waals surface area (Å²) in [7, 11) is 8.48. The number of nitrogens with zero attached hydrogens (tertiary/aromatic N) is 6. The smallest absolute Gasteiger partial charge is 0.269 e. The average Bonchev–Trinajstić information content (AvgIpc) is 3.28. The van der Waals surface area contributed by atoms with Gasteiger partial charge in [-0.25, -0.2) is 8.80 Å². The molecule has 32 heavy (non-hydrogen) atoms. The first-order chi connectivity index (χ1) is 15.4. The molecule has 6 heteroatoms. The topological polar surface area (TPSA) is 23.5 Å². The minimum atomic E-state index is 1.13. The fourth-order valence-corrected chi connectivity index (χ4v) is 5.15. The summed E-state index contributed by atoms with van der Waals surface area (Å²) in [6.07, 6.45) is 4.32. The van der Waals surface area contributed by atoms with Crippen molar-refractivity contribution in [2.45, 2.75) is 13.8 Å². The Labute approximate surface area is 186 Å². The maximum atomic E-state index is 2.43. The van der Waals surface area contributed by atoms with Crippen molar-refractivity contribution in [2.24, 2.45) is 0 Å². The van der Waals surface area contributed by atoms with Gasteiger partial charge < -0.3 is 0 Å². The van der Waals surface area contributed by atoms with E-state index in [0.717, 1.165) is 11.9 Å². The Bertz CT molecular complexity index is 1570. The van der Waals surface area contributed by atoms with Gasteiger partial charge in [0.15, 0.2) is 22.1 Å². The molecular formula is C26H28N6+2. The summed E-state index contributed by atoms with van der Waals surface area (Å²) in [5.74, 6) is 2.26. The molecule has 0 N–H and O–H groups in total. The number of rotatable bonds is 2. The fourth-order valence-electron chi connectivity index (χ4n) is 5.15. The zero-order valence-corrected chi connectivity index (χ0v) is 19.5. The lowest BCUT2D eigenvalue weighted by molar-refractivity contribution is -0.497. The van der Waals surface area contributed by atoms with Crippen molar-refractivity contribution in [3.05, 3.63) is 72.1 Å². The van der Waals surface area contributed by atoms with Crippen molar-refractivity contribution in [3.63, 3.8) is 0 Å². The third-order valence-corrected chi connectivity index (χ3v) is 6.58. The highest BCUT2D eigenvalue weighted by atomic mass is 15.3. The van der Waals surface area contributed by atoms with Crippen molar-refractivity contribution in [2.75, 3.05) is 38.0 Å². The number of pyridine rings is 2. The monoisotopic (exact) mass is 424 g/mol. The van der Waals surface area contributed by atoms with Crippen LogP contribution in [0.25, 0.3) is 33.1 Å². The third-order valence-electron chi connectivity index (χ3n) is 6.58. The van der Waals surface area contributed by atoms with Crippen LogP contribution in [0.2, 0.25) is 0 Å². The molecule has 0 spiro atoms. The molecule has 1 aromatic carbocycles. The van der Waals surface area contributed by atoms with Crippen LogP contribution in [0.15, 0.2) is 60.9 Å². The summed E-state index contributed by atoms with van der Waals surface area (Å²) in [5, 5.41) is 0. The molecule has 0 atom stereocenters. The Morgan fingerprint density at radius 3 is 1.41 bits per heavy atom. The van der Waals surface area contributed by atoms with E-state index < -0.39 is 0 Å². The molecule has 0 saturated carbocycles. The summed E-state index contributed by atoms with van der Waals surface area (Å²) in [6.45, 7) is 4.40. The van der Waals surface area contributed by atoms with E-state index in [1.807, 2.05) is 0 Å². The lowest BCUT2D eigenvalue weighted by Crippen LogP contribution is -2.29. The van der Waals surface area contributed by atoms with Crippen LogP contribution < -0.4 is 18.6 Å². The van der Waals surface area contributed by atoms with Gasteiger partial charge in [0.2, 0.25) is 0 Å². The molecule has 5 aromatic heterocycles. The number of aromatic nitrogens is 4. The van der Waals surface area contributed by atoms with E-state index in [0.29, 0.717) is 0 Å². The lowest BCUT2D eigenvalue weighted by Gasteiger charge is -2.10. The molecular weight excluding hydrogens is 396 g/mol. The highest BCUT2D eigenvalue weighted by Gasteiger charge is 2.33. The van der Waals surface area contributed by atoms with Gasteiger partial charge in [0.05, 0.1) is 40.6 Å². The van der Waals surface area contributed by atoms with Crippen LogP contribution in [0.1, 0.15) is 11.1 Å². The van der Waals surface area contributed by atoms with Crippen molar-refractivity contribution >= 4 is 45.0 Å². The summed E-state index contributed by atoms with van der Waals surface area (Å²) in [6, 6.07) is 17.6. The number of hydrogen-bond donors (Lipinski definition) is 0. The molecule has 0 amide bonds. The first-order valence-corrected chi connectivity index (χ1v) is 11.0. The van der Waals surface area contributed by atoms with Crippen molar-refractivity contribution < 1.29 is 8.80 Å². The number of aryl methyl sites for hydroxylation is 2. The summed E-state index contributed by atoms with van der Waals surface area (Å²) < 4.78 is 9.45. The number of anilines is 2. The molecule has 6 nitrogen and oxygen atoms in total. The maximum absolute atomic E-state index is 2.43. The maximum Gasteiger partial charge on any atom is 0.370 e. The Morgan fingerprint density at radius 1 is 0.625 bits per heavy atom. The molecule has 0 aliphatic heterocycles. The van der Waals surface area contributed by atoms with E-state index in [1.165, 1.54) is 44.2 Å². The summed E-state index contributed by atoms with van der Waals surface area (Å²) in [5.41, 5.74) is 9.79. The lowest BCUT2D eigenvalue weighted by atomic mass is 10.1. The highest BCUT2D eigenvalue weighted by Crippen LogP contribution is 2.34. The minimum absolute atomic E-state index is 1.13. The molecule has 0 unspecified atom stereocenters. The number of benzene rings is 1. The molecule has 6 aromatic rings. The molecule has 0 fully saturated rings. The third kappa shape index (κ3) is 2.24. The van der Waals surface area contributed by atoms with Crippen LogP contribution in [0.4, 0.5) is 11.9 Å². The molecule has 0 radical (unpaired) electrons. The first-order valence-electron chi connectivity index (χ1n) is 11.0. The Hall–Kier alpha value is -3.80. The van der Waals surface area contributed by atoms with Gasteiger partial charge in [-0.05, 0) is 61.4 Å². The van der Waals surface area contributed by atoms with Gasteiger partial charge in [-0.3, -0.25) is 9.80 Å². The minimum Gasteiger partial charge on any atom is -0.269 e. The average molecular weight is 425 g/mol. The molecule has 160 valence electrons. The molecule has 0 aliphatic carbocycles. The normalized spacial score (nSPS) is 12.1. The number of imidazole rings is 2. The van der Waals surface area contributed by atoms with Gasteiger partial charge in [-0.1, -0.05) is 12.1 Å². The van der Waals surface area contributed by atoms with Crippen LogP contribution in [0.5, 0.6) is 0 Å². The quantitative estimate of drug-likeness (QED) is 0.397. The molecule has 5 heterocycles. The first kappa shape index (κ1) is 18.9. The SMILES string of the molecule is Cc1cc2c(cc1C)n1c(N(C)C)[n+]3ccccc3c1c1c3cccc[n+]3c(N(C)C)n21. The van der Waals surface area contributed by atoms with E-state index in [1.54, 1.807) is 0 Å². The van der Waals surface area contributed by atoms with Gasteiger partial charge in [0.25, 0.3) is 0 Å². The molecule has 0 aliphatic rings. The zero-order valence-electron chi connectivity index (χ0n) is 19.5. The van der Waals surface area contributed by atoms with Crippen molar-refractivity contribution in [1.82, 2.24) is 8.80 Å². The highest BCUT2D eigenvalue weighted by molar-refractivity contribution is 6.04. The second-order valence-corrected chi connectivity index (χ2v) is 9.09. The van der Waals surface area contributed by atoms with Gasteiger partial charge in [0.1, 0.15) is 11.0 Å². The zero-order chi connectivity index (χ0) is 22.3. The van der Waals surface area contributed by atoms with Gasteiger partial charge in [0, 0.05) is 0 Å². The van der Waals surface area contributed by atoms with E-state index >= 15 is 0 Å². The number of hydrogen-bond acceptors (Lipinski definition) is 2. The fraction of sp³-hybridized carbons (Fsp3) is 0.231. The van der Waals surface area contributed by atoms with Gasteiger partial charge in [-0.15, -0.1) is 0 Å². The summed E-state index contributed by atoms with van der Waals surface area (Å²) in [4.78, 5) is 4.41. The Morgan fingerprint density at radius 2 is 1.03 bits per heavy atom. The molecule has 0 bridgehead atoms. The van der Waals surface area contributed by atoms with Crippen molar-refractivity contribution in [3.8, 4) is 0 Å². The van der Waals surface area contributed by atoms with Crippen LogP contribution in [-0.2, 0) is 0 Å². The predicted molar refractivity (Wildman–Crippen MR) is 130 cm³/mol. The molecule has 6 rings (SSSR count). The van der Waals surface area contributed by atoms with Crippen LogP contribution in [0, 0.1) is 13.8 Å². The largest absolute Gasteiger partial charge is 0.370 e. The second kappa shape index (κ2) is 6.36. The Kier molecular flexibility index (Phi) is 3.76. The van der Waals surface area contributed by atoms with Gasteiger partial charge in [-0.2, -0.15) is 8.80 Å². The van der Waals surface area contributed by atoms with Crippen LogP contribution in [0.3, 0.4) is 0 Å². The Balaban J connectivity index is 2.10. The van der Waals surface area contributed by atoms with E-state index in [9.17, 15) is 0 Å². The standard InChI is InChI=1S/C26H28N6/c1-17-15-21-22(16-18(17)2)32-24(20-12-8-10-14-30(20)26(32)28(5)6)23-19-11-7-9-13-29(19)25(27(3)4)31(21)23/h7-16H,1-6H3/q+2. The van der Waals surface area contributed by atoms with Crippen LogP contribution >= 0.6 is 0 Å². The van der Waals surface area contributed by atoms with E-state index in [-0.39, 0.29) is 0 Å². The molecule has 0 saturated heterocycles. The summed E-state index contributed by atoms with van der Waals surface area (Å²) >= 11 is 0. The van der Waals surface area contributed by atoms with E-state index in [2.05, 4.69) is 130 Å². The van der Waals surface area contributed by atoms with Crippen molar-refractivity contribution in [1.29, 1.82) is 0 Å². The predicted octanol–water partition coefficient (Wildman–Crippen LogP) is 3.57. The van der Waals surface area contributed by atoms with E-state index in [4.69, 9.17) is 0 Å². The number of fused-ring (bicyclic) bond motifs is 10.